The molecule has 1 amide bonds. The van der Waals surface area contributed by atoms with Crippen LogP contribution in [-0.2, 0) is 24.3 Å². The van der Waals surface area contributed by atoms with E-state index in [1.807, 2.05) is 49.3 Å². The predicted octanol–water partition coefficient (Wildman–Crippen LogP) is 4.11. The number of amides is 1. The van der Waals surface area contributed by atoms with Gasteiger partial charge in [-0.25, -0.2) is 18.1 Å². The zero-order chi connectivity index (χ0) is 30.2. The van der Waals surface area contributed by atoms with Gasteiger partial charge in [0.25, 0.3) is 0 Å². The molecule has 0 aliphatic heterocycles. The molecule has 1 aliphatic carbocycles. The van der Waals surface area contributed by atoms with Crippen LogP contribution in [0.3, 0.4) is 0 Å². The summed E-state index contributed by atoms with van der Waals surface area (Å²) in [6, 6.07) is 8.16. The van der Waals surface area contributed by atoms with Crippen LogP contribution in [0.4, 0.5) is 5.69 Å². The predicted molar refractivity (Wildman–Crippen MR) is 169 cm³/mol. The van der Waals surface area contributed by atoms with Gasteiger partial charge in [0.15, 0.2) is 0 Å². The van der Waals surface area contributed by atoms with Crippen molar-refractivity contribution in [1.82, 2.24) is 20.0 Å². The van der Waals surface area contributed by atoms with E-state index in [1.165, 1.54) is 0 Å². The van der Waals surface area contributed by atoms with E-state index >= 15 is 0 Å². The minimum atomic E-state index is -3.62. The summed E-state index contributed by atoms with van der Waals surface area (Å²) in [5, 5.41) is 2.03. The van der Waals surface area contributed by atoms with Gasteiger partial charge in [-0.15, -0.1) is 11.6 Å². The number of aromatic nitrogens is 2. The van der Waals surface area contributed by atoms with E-state index in [-0.39, 0.29) is 18.9 Å². The number of sulfonamides is 1. The zero-order valence-corrected chi connectivity index (χ0v) is 26.2. The van der Waals surface area contributed by atoms with E-state index in [0.717, 1.165) is 48.2 Å². The standard InChI is InChI=1S/C30H44ClN5O5S/c1-36(2)26-11-7-24(8-12-26)28-23-33-30(35-28)25-9-13-27(14-10-25)42(38,39)34-17-15-29(37)32-18-20-41-22-21-40-19-6-4-3-5-16-31/h7-13,23,27,34H,3-6,14-22H2,1-2H3,(H,32,37)(H,33,35). The summed E-state index contributed by atoms with van der Waals surface area (Å²) in [5.41, 5.74) is 3.86. The van der Waals surface area contributed by atoms with Gasteiger partial charge in [0.1, 0.15) is 5.82 Å². The van der Waals surface area contributed by atoms with Crippen molar-refractivity contribution in [3.63, 3.8) is 0 Å². The highest BCUT2D eigenvalue weighted by atomic mass is 35.5. The van der Waals surface area contributed by atoms with Gasteiger partial charge in [0.2, 0.25) is 15.9 Å². The van der Waals surface area contributed by atoms with Crippen molar-refractivity contribution in [3.8, 4) is 11.3 Å². The van der Waals surface area contributed by atoms with Crippen molar-refractivity contribution in [3.05, 3.63) is 54.5 Å². The lowest BCUT2D eigenvalue weighted by atomic mass is 10.1. The second kappa shape index (κ2) is 18.1. The number of unbranched alkanes of at least 4 members (excludes halogenated alkanes) is 3. The first-order valence-corrected chi connectivity index (χ1v) is 16.6. The van der Waals surface area contributed by atoms with E-state index in [2.05, 4.69) is 20.0 Å². The Balaban J connectivity index is 1.29. The molecule has 0 bridgehead atoms. The Hall–Kier alpha value is -2.70. The number of H-pyrrole nitrogens is 1. The first-order valence-electron chi connectivity index (χ1n) is 14.5. The number of nitrogens with one attached hydrogen (secondary N) is 3. The number of rotatable bonds is 20. The number of carbonyl (C=O) groups excluding carboxylic acids is 1. The number of nitrogens with zero attached hydrogens (tertiary/aromatic N) is 2. The number of imidazole rings is 1. The smallest absolute Gasteiger partial charge is 0.221 e. The number of hydrogen-bond acceptors (Lipinski definition) is 7. The molecule has 1 aromatic carbocycles. The number of benzene rings is 1. The van der Waals surface area contributed by atoms with Crippen LogP contribution in [0.15, 0.2) is 48.7 Å². The summed E-state index contributed by atoms with van der Waals surface area (Å²) >= 11 is 5.65. The number of alkyl halides is 1. The Morgan fingerprint density at radius 1 is 1.05 bits per heavy atom. The molecule has 0 spiro atoms. The fourth-order valence-electron chi connectivity index (χ4n) is 4.30. The number of ether oxygens (including phenoxy) is 2. The number of allylic oxidation sites excluding steroid dienone is 3. The van der Waals surface area contributed by atoms with Gasteiger partial charge < -0.3 is 24.7 Å². The molecule has 0 saturated heterocycles. The van der Waals surface area contributed by atoms with Crippen LogP contribution in [0, 0.1) is 0 Å². The molecule has 3 rings (SSSR count). The molecule has 2 aromatic rings. The molecule has 0 radical (unpaired) electrons. The van der Waals surface area contributed by atoms with Crippen LogP contribution in [0.5, 0.6) is 0 Å². The summed E-state index contributed by atoms with van der Waals surface area (Å²) in [6.45, 7) is 2.46. The molecule has 1 aliphatic rings. The first-order chi connectivity index (χ1) is 20.3. The van der Waals surface area contributed by atoms with Crippen molar-refractivity contribution in [2.45, 2.75) is 43.8 Å². The Labute approximate surface area is 255 Å². The number of carbonyl (C=O) groups is 1. The topological polar surface area (TPSA) is 126 Å². The van der Waals surface area contributed by atoms with Crippen molar-refractivity contribution in [2.24, 2.45) is 0 Å². The van der Waals surface area contributed by atoms with E-state index in [9.17, 15) is 13.2 Å². The summed E-state index contributed by atoms with van der Waals surface area (Å²) < 4.78 is 39.0. The van der Waals surface area contributed by atoms with Crippen LogP contribution < -0.4 is 14.9 Å². The number of anilines is 1. The third kappa shape index (κ3) is 11.5. The number of hydrogen-bond donors (Lipinski definition) is 3. The summed E-state index contributed by atoms with van der Waals surface area (Å²) in [5.74, 6) is 1.16. The molecular formula is C30H44ClN5O5S. The highest BCUT2D eigenvalue weighted by molar-refractivity contribution is 7.90. The van der Waals surface area contributed by atoms with Crippen LogP contribution in [0.25, 0.3) is 16.8 Å². The maximum atomic E-state index is 12.8. The third-order valence-corrected chi connectivity index (χ3v) is 8.79. The minimum Gasteiger partial charge on any atom is -0.379 e. The van der Waals surface area contributed by atoms with E-state index in [4.69, 9.17) is 21.1 Å². The van der Waals surface area contributed by atoms with E-state index in [0.29, 0.717) is 51.1 Å². The minimum absolute atomic E-state index is 0.0306. The van der Waals surface area contributed by atoms with Crippen molar-refractivity contribution in [2.75, 3.05) is 64.4 Å². The summed E-state index contributed by atoms with van der Waals surface area (Å²) in [7, 11) is 0.372. The maximum Gasteiger partial charge on any atom is 0.221 e. The Kier molecular flexibility index (Phi) is 14.5. The van der Waals surface area contributed by atoms with E-state index in [1.54, 1.807) is 18.3 Å². The van der Waals surface area contributed by atoms with Crippen molar-refractivity contribution in [1.29, 1.82) is 0 Å². The van der Waals surface area contributed by atoms with Crippen molar-refractivity contribution < 1.29 is 22.7 Å². The highest BCUT2D eigenvalue weighted by Gasteiger charge is 2.24. The first kappa shape index (κ1) is 33.8. The van der Waals surface area contributed by atoms with Crippen LogP contribution >= 0.6 is 11.6 Å². The monoisotopic (exact) mass is 621 g/mol. The maximum absolute atomic E-state index is 12.8. The fraction of sp³-hybridized carbons (Fsp3) is 0.533. The average molecular weight is 622 g/mol. The largest absolute Gasteiger partial charge is 0.379 e. The Morgan fingerprint density at radius 2 is 1.79 bits per heavy atom. The van der Waals surface area contributed by atoms with Gasteiger partial charge in [0, 0.05) is 57.4 Å². The molecule has 42 heavy (non-hydrogen) atoms. The number of halogens is 1. The van der Waals surface area contributed by atoms with Crippen LogP contribution in [0.2, 0.25) is 0 Å². The SMILES string of the molecule is CN(C)c1ccc(-c2cnc(C3=CCC(S(=O)(=O)NCCC(=O)NCCOCCOCCCCCCCl)C=C3)[nH]2)cc1. The fourth-order valence-corrected chi connectivity index (χ4v) is 5.72. The van der Waals surface area contributed by atoms with Gasteiger partial charge >= 0.3 is 0 Å². The quantitative estimate of drug-likeness (QED) is 0.150. The van der Waals surface area contributed by atoms with Gasteiger partial charge in [-0.1, -0.05) is 43.2 Å². The summed E-state index contributed by atoms with van der Waals surface area (Å²) in [4.78, 5) is 21.9. The molecule has 10 nitrogen and oxygen atoms in total. The van der Waals surface area contributed by atoms with Gasteiger partial charge in [-0.05, 0) is 37.0 Å². The molecule has 1 aromatic heterocycles. The molecule has 12 heteroatoms. The zero-order valence-electron chi connectivity index (χ0n) is 24.6. The lowest BCUT2D eigenvalue weighted by molar-refractivity contribution is -0.121. The van der Waals surface area contributed by atoms with Gasteiger partial charge in [0.05, 0.1) is 37.0 Å². The lowest BCUT2D eigenvalue weighted by Crippen LogP contribution is -2.37. The molecule has 1 atom stereocenters. The molecule has 1 heterocycles. The Morgan fingerprint density at radius 3 is 2.48 bits per heavy atom. The Bertz CT molecular complexity index is 1260. The van der Waals surface area contributed by atoms with Crippen LogP contribution in [0.1, 0.15) is 44.3 Å². The molecule has 0 saturated carbocycles. The number of aromatic amines is 1. The molecule has 232 valence electrons. The van der Waals surface area contributed by atoms with Gasteiger partial charge in [-0.2, -0.15) is 0 Å². The van der Waals surface area contributed by atoms with Crippen LogP contribution in [-0.4, -0.2) is 89.0 Å². The molecule has 0 fully saturated rings. The van der Waals surface area contributed by atoms with E-state index < -0.39 is 15.3 Å². The molecule has 3 N–H and O–H groups in total. The highest BCUT2D eigenvalue weighted by Crippen LogP contribution is 2.26. The average Bonchev–Trinajstić information content (AvgIpc) is 3.48. The van der Waals surface area contributed by atoms with Crippen molar-refractivity contribution >= 4 is 38.8 Å². The molecular weight excluding hydrogens is 578 g/mol. The second-order valence-corrected chi connectivity index (χ2v) is 12.6. The third-order valence-electron chi connectivity index (χ3n) is 6.77. The normalized spacial score (nSPS) is 15.0. The summed E-state index contributed by atoms with van der Waals surface area (Å²) in [6.07, 6.45) is 11.7. The lowest BCUT2D eigenvalue weighted by Gasteiger charge is -2.17. The second-order valence-electron chi connectivity index (χ2n) is 10.2. The van der Waals surface area contributed by atoms with Gasteiger partial charge in [-0.3, -0.25) is 4.79 Å². The molecule has 1 unspecified atom stereocenters.